The molecule has 1 saturated carbocycles. The lowest BCUT2D eigenvalue weighted by atomic mass is 9.99. The highest BCUT2D eigenvalue weighted by Gasteiger charge is 2.46. The molecular formula is C27H25ClFN3O4. The Labute approximate surface area is 213 Å². The van der Waals surface area contributed by atoms with Gasteiger partial charge in [0.2, 0.25) is 0 Å². The fraction of sp³-hybridized carbons (Fsp3) is 0.296. The third-order valence-electron chi connectivity index (χ3n) is 6.58. The smallest absolute Gasteiger partial charge is 0.337 e. The molecule has 1 aliphatic carbocycles. The average Bonchev–Trinajstić information content (AvgIpc) is 3.64. The topological polar surface area (TPSA) is 80.8 Å². The molecule has 1 aliphatic heterocycles. The average molecular weight is 510 g/mol. The maximum Gasteiger partial charge on any atom is 0.337 e. The molecule has 9 heteroatoms. The molecule has 186 valence electrons. The Morgan fingerprint density at radius 3 is 2.58 bits per heavy atom. The molecule has 0 radical (unpaired) electrons. The molecule has 2 fully saturated rings. The number of esters is 1. The van der Waals surface area contributed by atoms with Crippen molar-refractivity contribution in [2.45, 2.75) is 18.4 Å². The first-order chi connectivity index (χ1) is 17.4. The first kappa shape index (κ1) is 24.1. The maximum atomic E-state index is 13.4. The summed E-state index contributed by atoms with van der Waals surface area (Å²) in [7, 11) is 1.34. The number of halogens is 2. The van der Waals surface area contributed by atoms with E-state index in [2.05, 4.69) is 10.3 Å². The summed E-state index contributed by atoms with van der Waals surface area (Å²) >= 11 is 6.20. The minimum atomic E-state index is -0.485. The van der Waals surface area contributed by atoms with Crippen molar-refractivity contribution in [2.75, 3.05) is 31.7 Å². The van der Waals surface area contributed by atoms with Gasteiger partial charge in [-0.3, -0.25) is 4.79 Å². The number of hydrogen-bond donors (Lipinski definition) is 1. The van der Waals surface area contributed by atoms with Gasteiger partial charge < -0.3 is 19.7 Å². The van der Waals surface area contributed by atoms with Crippen LogP contribution in [0.3, 0.4) is 0 Å². The van der Waals surface area contributed by atoms with Gasteiger partial charge in [-0.1, -0.05) is 29.8 Å². The molecule has 0 spiro atoms. The highest BCUT2D eigenvalue weighted by molar-refractivity contribution is 6.31. The molecule has 5 rings (SSSR count). The third kappa shape index (κ3) is 4.99. The number of aromatic nitrogens is 1. The molecule has 0 unspecified atom stereocenters. The van der Waals surface area contributed by atoms with E-state index in [1.54, 1.807) is 30.3 Å². The number of ether oxygens (including phenoxy) is 2. The van der Waals surface area contributed by atoms with Crippen molar-refractivity contribution in [1.29, 1.82) is 0 Å². The van der Waals surface area contributed by atoms with Crippen LogP contribution in [0.15, 0.2) is 60.8 Å². The van der Waals surface area contributed by atoms with Gasteiger partial charge in [0, 0.05) is 31.3 Å². The van der Waals surface area contributed by atoms with E-state index in [0.29, 0.717) is 47.4 Å². The quantitative estimate of drug-likeness (QED) is 0.447. The molecule has 7 nitrogen and oxygen atoms in total. The van der Waals surface area contributed by atoms with Crippen molar-refractivity contribution < 1.29 is 23.5 Å². The lowest BCUT2D eigenvalue weighted by Crippen LogP contribution is -2.50. The monoisotopic (exact) mass is 509 g/mol. The number of nitrogens with zero attached hydrogens (tertiary/aromatic N) is 2. The minimum Gasteiger partial charge on any atom is -0.493 e. The van der Waals surface area contributed by atoms with Crippen molar-refractivity contribution in [3.8, 4) is 5.75 Å². The minimum absolute atomic E-state index is 0.227. The van der Waals surface area contributed by atoms with Gasteiger partial charge in [-0.05, 0) is 48.7 Å². The Hall–Kier alpha value is -3.65. The Morgan fingerprint density at radius 1 is 1.17 bits per heavy atom. The molecule has 1 aromatic heterocycles. The molecule has 0 bridgehead atoms. The first-order valence-electron chi connectivity index (χ1n) is 11.7. The number of carbonyl (C=O) groups excluding carboxylic acids is 2. The number of carbonyl (C=O) groups is 2. The lowest BCUT2D eigenvalue weighted by Gasteiger charge is -2.40. The Balaban J connectivity index is 1.24. The fourth-order valence-electron chi connectivity index (χ4n) is 4.41. The normalized spacial score (nSPS) is 16.1. The zero-order valence-corrected chi connectivity index (χ0v) is 20.4. The zero-order valence-electron chi connectivity index (χ0n) is 19.7. The van der Waals surface area contributed by atoms with Crippen LogP contribution in [0.25, 0.3) is 0 Å². The molecular weight excluding hydrogens is 485 g/mol. The molecule has 2 aromatic carbocycles. The summed E-state index contributed by atoms with van der Waals surface area (Å²) in [5, 5.41) is 3.53. The second-order valence-electron chi connectivity index (χ2n) is 9.17. The summed E-state index contributed by atoms with van der Waals surface area (Å²) < 4.78 is 23.8. The van der Waals surface area contributed by atoms with Crippen LogP contribution in [0.5, 0.6) is 5.75 Å². The predicted octanol–water partition coefficient (Wildman–Crippen LogP) is 4.60. The second kappa shape index (κ2) is 9.78. The van der Waals surface area contributed by atoms with E-state index in [-0.39, 0.29) is 17.6 Å². The van der Waals surface area contributed by atoms with Crippen molar-refractivity contribution in [3.63, 3.8) is 0 Å². The number of hydrogen-bond acceptors (Lipinski definition) is 6. The summed E-state index contributed by atoms with van der Waals surface area (Å²) in [4.78, 5) is 31.5. The van der Waals surface area contributed by atoms with Gasteiger partial charge in [0.25, 0.3) is 5.91 Å². The van der Waals surface area contributed by atoms with Crippen LogP contribution < -0.4 is 15.0 Å². The van der Waals surface area contributed by atoms with Gasteiger partial charge in [-0.25, -0.2) is 14.2 Å². The van der Waals surface area contributed by atoms with Crippen LogP contribution >= 0.6 is 11.6 Å². The lowest BCUT2D eigenvalue weighted by molar-refractivity contribution is 0.0600. The van der Waals surface area contributed by atoms with Gasteiger partial charge in [0.1, 0.15) is 17.4 Å². The summed E-state index contributed by atoms with van der Waals surface area (Å²) in [6.07, 6.45) is 3.12. The summed E-state index contributed by atoms with van der Waals surface area (Å²) in [5.74, 6) is 0.290. The zero-order chi connectivity index (χ0) is 25.3. The molecule has 1 N–H and O–H groups in total. The van der Waals surface area contributed by atoms with Gasteiger partial charge in [0.05, 0.1) is 35.4 Å². The van der Waals surface area contributed by atoms with Crippen molar-refractivity contribution in [3.05, 3.63) is 88.3 Å². The van der Waals surface area contributed by atoms with E-state index in [4.69, 9.17) is 21.1 Å². The number of pyridine rings is 1. The van der Waals surface area contributed by atoms with E-state index in [1.807, 2.05) is 17.0 Å². The fourth-order valence-corrected chi connectivity index (χ4v) is 4.57. The molecule has 36 heavy (non-hydrogen) atoms. The highest BCUT2D eigenvalue weighted by Crippen LogP contribution is 2.46. The van der Waals surface area contributed by atoms with Crippen molar-refractivity contribution in [1.82, 2.24) is 10.3 Å². The largest absolute Gasteiger partial charge is 0.493 e. The Morgan fingerprint density at radius 2 is 1.92 bits per heavy atom. The molecule has 2 aliphatic rings. The molecule has 1 amide bonds. The number of anilines is 1. The Kier molecular flexibility index (Phi) is 6.53. The van der Waals surface area contributed by atoms with Crippen LogP contribution in [0.1, 0.15) is 39.1 Å². The molecule has 1 saturated heterocycles. The van der Waals surface area contributed by atoms with Gasteiger partial charge in [0.15, 0.2) is 0 Å². The number of rotatable bonds is 8. The van der Waals surface area contributed by atoms with Crippen molar-refractivity contribution in [2.24, 2.45) is 5.92 Å². The summed E-state index contributed by atoms with van der Waals surface area (Å²) in [5.41, 5.74) is 1.31. The summed E-state index contributed by atoms with van der Waals surface area (Å²) in [6.45, 7) is 1.76. The standard InChI is InChI=1S/C27H25ClFN3O4/c1-35-26(34)18-5-7-19(8-6-18)27(9-10-27)31-25(33)23-11-20(28)13-30-24(23)32-14-17(15-32)16-36-22-4-2-3-21(29)12-22/h2-8,11-13,17H,9-10,14-16H2,1H3,(H,31,33). The number of benzene rings is 2. The number of nitrogens with one attached hydrogen (secondary N) is 1. The Bertz CT molecular complexity index is 1290. The molecule has 2 heterocycles. The van der Waals surface area contributed by atoms with Crippen LogP contribution in [0.2, 0.25) is 5.02 Å². The number of methoxy groups -OCH3 is 1. The predicted molar refractivity (Wildman–Crippen MR) is 133 cm³/mol. The highest BCUT2D eigenvalue weighted by atomic mass is 35.5. The second-order valence-corrected chi connectivity index (χ2v) is 9.61. The van der Waals surface area contributed by atoms with E-state index in [9.17, 15) is 14.0 Å². The summed E-state index contributed by atoms with van der Waals surface area (Å²) in [6, 6.07) is 14.8. The van der Waals surface area contributed by atoms with E-state index < -0.39 is 11.5 Å². The number of amides is 1. The van der Waals surface area contributed by atoms with E-state index in [1.165, 1.54) is 25.4 Å². The van der Waals surface area contributed by atoms with Crippen molar-refractivity contribution >= 4 is 29.3 Å². The first-order valence-corrected chi connectivity index (χ1v) is 12.0. The van der Waals surface area contributed by atoms with Crippen LogP contribution in [-0.4, -0.2) is 43.7 Å². The van der Waals surface area contributed by atoms with Gasteiger partial charge in [-0.2, -0.15) is 0 Å². The molecule has 0 atom stereocenters. The maximum absolute atomic E-state index is 13.4. The van der Waals surface area contributed by atoms with Crippen LogP contribution in [0, 0.1) is 11.7 Å². The van der Waals surface area contributed by atoms with E-state index in [0.717, 1.165) is 18.4 Å². The van der Waals surface area contributed by atoms with Gasteiger partial charge >= 0.3 is 5.97 Å². The van der Waals surface area contributed by atoms with Crippen LogP contribution in [-0.2, 0) is 10.3 Å². The SMILES string of the molecule is COC(=O)c1ccc(C2(NC(=O)c3cc(Cl)cnc3N3CC(COc4cccc(F)c4)C3)CC2)cc1. The molecule has 3 aromatic rings. The van der Waals surface area contributed by atoms with Gasteiger partial charge in [-0.15, -0.1) is 0 Å². The van der Waals surface area contributed by atoms with Crippen LogP contribution in [0.4, 0.5) is 10.2 Å². The third-order valence-corrected chi connectivity index (χ3v) is 6.78. The van der Waals surface area contributed by atoms with E-state index >= 15 is 0 Å².